The third-order valence-electron chi connectivity index (χ3n) is 4.49. The topological polar surface area (TPSA) is 83.7 Å². The fourth-order valence-electron chi connectivity index (χ4n) is 3.02. The highest BCUT2D eigenvalue weighted by Crippen LogP contribution is 2.24. The molecule has 1 aliphatic heterocycles. The molecule has 2 N–H and O–H groups in total. The van der Waals surface area contributed by atoms with Crippen molar-refractivity contribution < 1.29 is 22.0 Å². The summed E-state index contributed by atoms with van der Waals surface area (Å²) in [5, 5.41) is 0. The van der Waals surface area contributed by atoms with E-state index in [-0.39, 0.29) is 13.1 Å². The van der Waals surface area contributed by atoms with E-state index in [0.29, 0.717) is 25.2 Å². The second-order valence-electron chi connectivity index (χ2n) is 6.29. The number of benzene rings is 2. The first-order valence-electron chi connectivity index (χ1n) is 8.34. The van der Waals surface area contributed by atoms with Crippen molar-refractivity contribution in [3.8, 4) is 0 Å². The quantitative estimate of drug-likeness (QED) is 0.833. The van der Waals surface area contributed by atoms with E-state index in [4.69, 9.17) is 5.73 Å². The normalized spacial score (nSPS) is 16.4. The molecule has 0 unspecified atom stereocenters. The van der Waals surface area contributed by atoms with Gasteiger partial charge in [-0.1, -0.05) is 18.2 Å². The van der Waals surface area contributed by atoms with Gasteiger partial charge in [-0.05, 0) is 29.8 Å². The number of halogens is 2. The van der Waals surface area contributed by atoms with Crippen LogP contribution in [0.3, 0.4) is 0 Å². The maximum atomic E-state index is 13.9. The van der Waals surface area contributed by atoms with Gasteiger partial charge < -0.3 is 5.73 Å². The predicted molar refractivity (Wildman–Crippen MR) is 95.4 cm³/mol. The molecular formula is C18H19F2N3O3S. The van der Waals surface area contributed by atoms with Gasteiger partial charge in [0.05, 0.1) is 0 Å². The number of amides is 1. The molecule has 1 saturated heterocycles. The minimum Gasteiger partial charge on any atom is -0.366 e. The van der Waals surface area contributed by atoms with Crippen molar-refractivity contribution in [2.24, 2.45) is 5.73 Å². The SMILES string of the molecule is NC(=O)c1ccc(CN2CCN(S(=O)(=O)c3c(F)cccc3F)CC2)cc1. The standard InChI is InChI=1S/C18H19F2N3O3S/c19-15-2-1-3-16(20)17(15)27(25,26)23-10-8-22(9-11-23)12-13-4-6-14(7-5-13)18(21)24/h1-7H,8-12H2,(H2,21,24). The lowest BCUT2D eigenvalue weighted by atomic mass is 10.1. The van der Waals surface area contributed by atoms with Gasteiger partial charge in [0, 0.05) is 38.3 Å². The van der Waals surface area contributed by atoms with E-state index in [1.807, 2.05) is 4.90 Å². The molecule has 144 valence electrons. The van der Waals surface area contributed by atoms with Crippen LogP contribution in [0, 0.1) is 11.6 Å². The largest absolute Gasteiger partial charge is 0.366 e. The maximum Gasteiger partial charge on any atom is 0.249 e. The van der Waals surface area contributed by atoms with E-state index in [9.17, 15) is 22.0 Å². The van der Waals surface area contributed by atoms with E-state index in [2.05, 4.69) is 0 Å². The number of nitrogens with two attached hydrogens (primary N) is 1. The Morgan fingerprint density at radius 2 is 1.52 bits per heavy atom. The summed E-state index contributed by atoms with van der Waals surface area (Å²) in [5.41, 5.74) is 6.58. The summed E-state index contributed by atoms with van der Waals surface area (Å²) in [5.74, 6) is -2.68. The van der Waals surface area contributed by atoms with E-state index >= 15 is 0 Å². The van der Waals surface area contributed by atoms with Crippen molar-refractivity contribution in [1.82, 2.24) is 9.21 Å². The molecule has 0 bridgehead atoms. The first-order valence-corrected chi connectivity index (χ1v) is 9.78. The van der Waals surface area contributed by atoms with Crippen molar-refractivity contribution in [2.45, 2.75) is 11.4 Å². The Balaban J connectivity index is 1.65. The monoisotopic (exact) mass is 395 g/mol. The summed E-state index contributed by atoms with van der Waals surface area (Å²) < 4.78 is 54.0. The summed E-state index contributed by atoms with van der Waals surface area (Å²) in [4.78, 5) is 12.2. The molecule has 3 rings (SSSR count). The predicted octanol–water partition coefficient (Wildman–Crippen LogP) is 1.57. The van der Waals surface area contributed by atoms with Crippen LogP contribution in [0.1, 0.15) is 15.9 Å². The molecule has 27 heavy (non-hydrogen) atoms. The highest BCUT2D eigenvalue weighted by atomic mass is 32.2. The minimum atomic E-state index is -4.23. The van der Waals surface area contributed by atoms with E-state index < -0.39 is 32.5 Å². The highest BCUT2D eigenvalue weighted by Gasteiger charge is 2.33. The van der Waals surface area contributed by atoms with Crippen LogP contribution in [-0.2, 0) is 16.6 Å². The summed E-state index contributed by atoms with van der Waals surface area (Å²) in [6, 6.07) is 9.85. The third kappa shape index (κ3) is 4.15. The van der Waals surface area contributed by atoms with Crippen LogP contribution in [0.4, 0.5) is 8.78 Å². The van der Waals surface area contributed by atoms with Gasteiger partial charge in [0.2, 0.25) is 15.9 Å². The van der Waals surface area contributed by atoms with Gasteiger partial charge in [0.25, 0.3) is 0 Å². The zero-order valence-corrected chi connectivity index (χ0v) is 15.3. The van der Waals surface area contributed by atoms with Gasteiger partial charge in [-0.15, -0.1) is 0 Å². The van der Waals surface area contributed by atoms with Crippen LogP contribution >= 0.6 is 0 Å². The average molecular weight is 395 g/mol. The number of piperazine rings is 1. The second-order valence-corrected chi connectivity index (χ2v) is 8.17. The van der Waals surface area contributed by atoms with Crippen molar-refractivity contribution in [1.29, 1.82) is 0 Å². The number of primary amides is 1. The fraction of sp³-hybridized carbons (Fsp3) is 0.278. The maximum absolute atomic E-state index is 13.9. The van der Waals surface area contributed by atoms with Crippen LogP contribution < -0.4 is 5.73 Å². The molecule has 0 spiro atoms. The zero-order valence-electron chi connectivity index (χ0n) is 14.4. The van der Waals surface area contributed by atoms with Crippen LogP contribution in [0.5, 0.6) is 0 Å². The van der Waals surface area contributed by atoms with Crippen LogP contribution in [-0.4, -0.2) is 49.7 Å². The number of carbonyl (C=O) groups is 1. The summed E-state index contributed by atoms with van der Waals surface area (Å²) in [6.45, 7) is 1.69. The number of sulfonamides is 1. The Morgan fingerprint density at radius 1 is 0.963 bits per heavy atom. The lowest BCUT2D eigenvalue weighted by molar-refractivity contribution is 0.1000. The van der Waals surface area contributed by atoms with E-state index in [1.54, 1.807) is 24.3 Å². The van der Waals surface area contributed by atoms with E-state index in [0.717, 1.165) is 28.1 Å². The number of hydrogen-bond acceptors (Lipinski definition) is 4. The van der Waals surface area contributed by atoms with Gasteiger partial charge >= 0.3 is 0 Å². The summed E-state index contributed by atoms with van der Waals surface area (Å²) in [7, 11) is -4.23. The fourth-order valence-corrected chi connectivity index (χ4v) is 4.55. The molecule has 9 heteroatoms. The lowest BCUT2D eigenvalue weighted by Gasteiger charge is -2.34. The molecule has 1 amide bonds. The third-order valence-corrected chi connectivity index (χ3v) is 6.44. The molecule has 0 aliphatic carbocycles. The Labute approximate surface area is 156 Å². The summed E-state index contributed by atoms with van der Waals surface area (Å²) in [6.07, 6.45) is 0. The molecule has 1 fully saturated rings. The van der Waals surface area contributed by atoms with Gasteiger partial charge in [0.15, 0.2) is 4.90 Å². The van der Waals surface area contributed by atoms with Crippen LogP contribution in [0.25, 0.3) is 0 Å². The first-order chi connectivity index (χ1) is 12.8. The molecule has 0 radical (unpaired) electrons. The van der Waals surface area contributed by atoms with Crippen molar-refractivity contribution in [3.63, 3.8) is 0 Å². The molecule has 0 atom stereocenters. The van der Waals surface area contributed by atoms with Crippen molar-refractivity contribution >= 4 is 15.9 Å². The molecular weight excluding hydrogens is 376 g/mol. The molecule has 2 aromatic carbocycles. The van der Waals surface area contributed by atoms with E-state index in [1.165, 1.54) is 0 Å². The van der Waals surface area contributed by atoms with Gasteiger partial charge in [0.1, 0.15) is 11.6 Å². The Bertz CT molecular complexity index is 921. The number of rotatable bonds is 5. The molecule has 2 aromatic rings. The molecule has 1 heterocycles. The Kier molecular flexibility index (Phi) is 5.54. The zero-order chi connectivity index (χ0) is 19.6. The lowest BCUT2D eigenvalue weighted by Crippen LogP contribution is -2.48. The molecule has 0 saturated carbocycles. The van der Waals surface area contributed by atoms with Crippen LogP contribution in [0.2, 0.25) is 0 Å². The molecule has 0 aromatic heterocycles. The molecule has 1 aliphatic rings. The smallest absolute Gasteiger partial charge is 0.249 e. The minimum absolute atomic E-state index is 0.134. The van der Waals surface area contributed by atoms with Gasteiger partial charge in [-0.3, -0.25) is 9.69 Å². The van der Waals surface area contributed by atoms with Gasteiger partial charge in [-0.25, -0.2) is 17.2 Å². The molecule has 6 nitrogen and oxygen atoms in total. The summed E-state index contributed by atoms with van der Waals surface area (Å²) >= 11 is 0. The van der Waals surface area contributed by atoms with Crippen molar-refractivity contribution in [2.75, 3.05) is 26.2 Å². The number of hydrogen-bond donors (Lipinski definition) is 1. The Hall–Kier alpha value is -2.36. The number of carbonyl (C=O) groups excluding carboxylic acids is 1. The number of nitrogens with zero attached hydrogens (tertiary/aromatic N) is 2. The van der Waals surface area contributed by atoms with Crippen molar-refractivity contribution in [3.05, 3.63) is 65.2 Å². The van der Waals surface area contributed by atoms with Crippen LogP contribution in [0.15, 0.2) is 47.4 Å². The van der Waals surface area contributed by atoms with Gasteiger partial charge in [-0.2, -0.15) is 4.31 Å². The Morgan fingerprint density at radius 3 is 2.04 bits per heavy atom. The highest BCUT2D eigenvalue weighted by molar-refractivity contribution is 7.89. The second kappa shape index (κ2) is 7.71. The average Bonchev–Trinajstić information content (AvgIpc) is 2.62. The first kappa shape index (κ1) is 19.4.